The minimum absolute atomic E-state index is 0.211. The third kappa shape index (κ3) is 16.5. The van der Waals surface area contributed by atoms with E-state index in [0.717, 1.165) is 0 Å². The zero-order chi connectivity index (χ0) is 33.8. The molecule has 1 aliphatic rings. The first-order valence-electron chi connectivity index (χ1n) is 13.3. The SMILES string of the molecule is CC#CC#CC#CC#CC#CC#CC#CC#CC#CC#CC#CC#CC(=O)N[C@@H](CO[C@H]1OC(CO)[C@H](O)[C@H](O)C1O)[C@H](N)CC. The number of ether oxygens (including phenoxy) is 2. The molecule has 9 nitrogen and oxygen atoms in total. The zero-order valence-corrected chi connectivity index (χ0v) is 24.8. The first-order valence-corrected chi connectivity index (χ1v) is 13.3. The van der Waals surface area contributed by atoms with Gasteiger partial charge in [0.05, 0.1) is 19.3 Å². The van der Waals surface area contributed by atoms with Gasteiger partial charge in [-0.1, -0.05) is 12.8 Å². The summed E-state index contributed by atoms with van der Waals surface area (Å²) < 4.78 is 10.8. The highest BCUT2D eigenvalue weighted by molar-refractivity contribution is 5.94. The van der Waals surface area contributed by atoms with E-state index in [1.54, 1.807) is 13.8 Å². The van der Waals surface area contributed by atoms with Gasteiger partial charge in [0.25, 0.3) is 5.91 Å². The molecule has 1 fully saturated rings. The van der Waals surface area contributed by atoms with Gasteiger partial charge >= 0.3 is 0 Å². The molecule has 1 aliphatic heterocycles. The molecule has 0 bridgehead atoms. The molecule has 0 saturated carbocycles. The fraction of sp³-hybridized carbons (Fsp3) is 0.324. The molecule has 0 radical (unpaired) electrons. The quantitative estimate of drug-likeness (QED) is 0.168. The van der Waals surface area contributed by atoms with Crippen molar-refractivity contribution in [3.63, 3.8) is 0 Å². The first-order chi connectivity index (χ1) is 22.3. The number of hydrogen-bond donors (Lipinski definition) is 6. The van der Waals surface area contributed by atoms with Gasteiger partial charge < -0.3 is 41.0 Å². The molecule has 1 rings (SSSR count). The molecule has 2 unspecified atom stereocenters. The highest BCUT2D eigenvalue weighted by atomic mass is 16.7. The van der Waals surface area contributed by atoms with Crippen LogP contribution in [0, 0.1) is 142 Å². The third-order valence-electron chi connectivity index (χ3n) is 5.21. The van der Waals surface area contributed by atoms with E-state index in [4.69, 9.17) is 15.2 Å². The van der Waals surface area contributed by atoms with Gasteiger partial charge in [-0.2, -0.15) is 0 Å². The van der Waals surface area contributed by atoms with Crippen LogP contribution in [0.25, 0.3) is 0 Å². The lowest BCUT2D eigenvalue weighted by Gasteiger charge is -2.40. The second kappa shape index (κ2) is 24.4. The van der Waals surface area contributed by atoms with Crippen LogP contribution in [-0.2, 0) is 14.3 Å². The summed E-state index contributed by atoms with van der Waals surface area (Å²) in [4.78, 5) is 12.2. The van der Waals surface area contributed by atoms with Crippen molar-refractivity contribution >= 4 is 5.91 Å². The maximum absolute atomic E-state index is 12.2. The maximum atomic E-state index is 12.2. The second-order valence-corrected chi connectivity index (χ2v) is 8.31. The van der Waals surface area contributed by atoms with E-state index in [9.17, 15) is 25.2 Å². The molecular formula is C37H26N2O7. The minimum Gasteiger partial charge on any atom is -0.394 e. The number of amides is 1. The molecule has 9 heteroatoms. The Morgan fingerprint density at radius 1 is 0.717 bits per heavy atom. The molecule has 46 heavy (non-hydrogen) atoms. The smallest absolute Gasteiger partial charge is 0.297 e. The van der Waals surface area contributed by atoms with Crippen LogP contribution < -0.4 is 11.1 Å². The third-order valence-corrected chi connectivity index (χ3v) is 5.21. The van der Waals surface area contributed by atoms with Crippen molar-refractivity contribution in [3.05, 3.63) is 0 Å². The molecule has 1 amide bonds. The number of carbonyl (C=O) groups is 1. The Balaban J connectivity index is 2.57. The molecule has 226 valence electrons. The summed E-state index contributed by atoms with van der Waals surface area (Å²) in [5.74, 6) is 58.5. The number of rotatable bonds is 7. The van der Waals surface area contributed by atoms with Crippen LogP contribution in [-0.4, -0.2) is 82.3 Å². The average molecular weight is 611 g/mol. The van der Waals surface area contributed by atoms with E-state index in [2.05, 4.69) is 147 Å². The predicted molar refractivity (Wildman–Crippen MR) is 169 cm³/mol. The van der Waals surface area contributed by atoms with E-state index >= 15 is 0 Å². The Bertz CT molecular complexity index is 1880. The lowest BCUT2D eigenvalue weighted by atomic mass is 9.99. The molecule has 0 spiro atoms. The Labute approximate surface area is 269 Å². The first kappa shape index (κ1) is 37.9. The van der Waals surface area contributed by atoms with Crippen LogP contribution in [0.2, 0.25) is 0 Å². The van der Waals surface area contributed by atoms with Gasteiger partial charge in [0, 0.05) is 47.5 Å². The molecule has 0 aromatic carbocycles. The lowest BCUT2D eigenvalue weighted by Crippen LogP contribution is -2.60. The topological polar surface area (TPSA) is 155 Å². The van der Waals surface area contributed by atoms with Gasteiger partial charge in [0.2, 0.25) is 0 Å². The molecule has 0 aromatic heterocycles. The summed E-state index contributed by atoms with van der Waals surface area (Å²) in [6, 6.07) is -1.28. The Morgan fingerprint density at radius 3 is 1.52 bits per heavy atom. The summed E-state index contributed by atoms with van der Waals surface area (Å²) >= 11 is 0. The Hall–Kier alpha value is -6.09. The number of aliphatic hydroxyl groups is 4. The van der Waals surface area contributed by atoms with Crippen LogP contribution in [0.15, 0.2) is 0 Å². The standard InChI is InChI=1S/C37H26N2O7/c1-3-5-6-7-8-9-10-11-12-13-14-15-16-17-18-19-20-21-22-23-24-25-26-27-33(41)39-31(30(38)4-2)29-45-37-36(44)35(43)34(42)32(28-40)46-37/h30-32,34-37,40,42-44H,4,28-29,38H2,1-2H3,(H,39,41)/t30-,31+,32?,34+,35+,36?,37+/m1/s1. The van der Waals surface area contributed by atoms with Gasteiger partial charge in [-0.3, -0.25) is 4.79 Å². The molecular weight excluding hydrogens is 584 g/mol. The zero-order valence-electron chi connectivity index (χ0n) is 24.8. The molecule has 7 N–H and O–H groups in total. The van der Waals surface area contributed by atoms with Crippen molar-refractivity contribution in [1.82, 2.24) is 5.32 Å². The largest absolute Gasteiger partial charge is 0.394 e. The van der Waals surface area contributed by atoms with E-state index < -0.39 is 55.3 Å². The van der Waals surface area contributed by atoms with Gasteiger partial charge in [-0.05, 0) is 108 Å². The Kier molecular flexibility index (Phi) is 20.1. The van der Waals surface area contributed by atoms with E-state index in [-0.39, 0.29) is 6.61 Å². The summed E-state index contributed by atoms with van der Waals surface area (Å²) in [5.41, 5.74) is 6.06. The number of carbonyl (C=O) groups excluding carboxylic acids is 1. The van der Waals surface area contributed by atoms with Crippen LogP contribution in [0.4, 0.5) is 0 Å². The number of aliphatic hydroxyl groups excluding tert-OH is 4. The van der Waals surface area contributed by atoms with Crippen LogP contribution >= 0.6 is 0 Å². The maximum Gasteiger partial charge on any atom is 0.297 e. The summed E-state index contributed by atoms with van der Waals surface area (Å²) in [6.07, 6.45) is -6.74. The van der Waals surface area contributed by atoms with Crippen molar-refractivity contribution in [3.8, 4) is 142 Å². The second-order valence-electron chi connectivity index (χ2n) is 8.31. The van der Waals surface area contributed by atoms with Crippen molar-refractivity contribution in [2.45, 2.75) is 63.1 Å². The normalized spacial score (nSPS) is 18.8. The van der Waals surface area contributed by atoms with Gasteiger partial charge in [-0.15, -0.1) is 0 Å². The van der Waals surface area contributed by atoms with Crippen LogP contribution in [0.5, 0.6) is 0 Å². The van der Waals surface area contributed by atoms with Crippen LogP contribution in [0.3, 0.4) is 0 Å². The van der Waals surface area contributed by atoms with Crippen molar-refractivity contribution in [2.75, 3.05) is 13.2 Å². The number of nitrogens with one attached hydrogen (secondary N) is 1. The monoisotopic (exact) mass is 610 g/mol. The summed E-state index contributed by atoms with van der Waals surface area (Å²) in [6.45, 7) is 2.66. The fourth-order valence-corrected chi connectivity index (χ4v) is 2.94. The van der Waals surface area contributed by atoms with E-state index in [1.807, 2.05) is 0 Å². The van der Waals surface area contributed by atoms with Gasteiger partial charge in [0.15, 0.2) is 6.29 Å². The summed E-state index contributed by atoms with van der Waals surface area (Å²) in [7, 11) is 0. The van der Waals surface area contributed by atoms with Crippen molar-refractivity contribution < 1.29 is 34.7 Å². The van der Waals surface area contributed by atoms with Crippen molar-refractivity contribution in [1.29, 1.82) is 0 Å². The molecule has 0 aromatic rings. The lowest BCUT2D eigenvalue weighted by molar-refractivity contribution is -0.302. The van der Waals surface area contributed by atoms with Crippen molar-refractivity contribution in [2.24, 2.45) is 5.73 Å². The van der Waals surface area contributed by atoms with Crippen LogP contribution in [0.1, 0.15) is 20.3 Å². The highest BCUT2D eigenvalue weighted by Crippen LogP contribution is 2.22. The molecule has 1 heterocycles. The summed E-state index contributed by atoms with van der Waals surface area (Å²) in [5, 5.41) is 41.8. The molecule has 0 aliphatic carbocycles. The average Bonchev–Trinajstić information content (AvgIpc) is 3.06. The molecule has 7 atom stereocenters. The highest BCUT2D eigenvalue weighted by Gasteiger charge is 2.44. The number of nitrogens with two attached hydrogens (primary N) is 1. The minimum atomic E-state index is -1.60. The Morgan fingerprint density at radius 2 is 1.13 bits per heavy atom. The molecule has 1 saturated heterocycles. The fourth-order valence-electron chi connectivity index (χ4n) is 2.94. The number of hydrogen-bond acceptors (Lipinski definition) is 8. The van der Waals surface area contributed by atoms with Gasteiger partial charge in [0.1, 0.15) is 24.4 Å². The van der Waals surface area contributed by atoms with Gasteiger partial charge in [-0.25, -0.2) is 0 Å². The van der Waals surface area contributed by atoms with E-state index in [0.29, 0.717) is 6.42 Å². The van der Waals surface area contributed by atoms with E-state index in [1.165, 1.54) is 0 Å². The predicted octanol–water partition coefficient (Wildman–Crippen LogP) is -2.91.